The molecule has 0 radical (unpaired) electrons. The van der Waals surface area contributed by atoms with E-state index in [2.05, 4.69) is 32.2 Å². The summed E-state index contributed by atoms with van der Waals surface area (Å²) in [4.78, 5) is 0. The normalized spacial score (nSPS) is 70.2. The highest BCUT2D eigenvalue weighted by Gasteiger charge is 2.79. The summed E-state index contributed by atoms with van der Waals surface area (Å²) in [5.41, 5.74) is 0.261. The van der Waals surface area contributed by atoms with Crippen LogP contribution in [0.2, 0.25) is 0 Å². The van der Waals surface area contributed by atoms with Gasteiger partial charge >= 0.3 is 16.3 Å². The Bertz CT molecular complexity index is 400. The van der Waals surface area contributed by atoms with Crippen LogP contribution in [0.25, 0.3) is 0 Å². The van der Waals surface area contributed by atoms with Crippen molar-refractivity contribution in [3.63, 3.8) is 0 Å². The van der Waals surface area contributed by atoms with Crippen molar-refractivity contribution in [2.45, 2.75) is 48.5 Å². The molecular formula is C14H19Br2O+. The Kier molecular flexibility index (Phi) is 1.87. The standard InChI is InChI=1S/C14H18Br2O/c15-13-5-7-1-9-10-2-8(3-11(9)13)6-14(13,17-16)12(10)4-7/h7-12H,1-6H2/p+1. The first-order valence-corrected chi connectivity index (χ1v) is 8.70. The van der Waals surface area contributed by atoms with Crippen LogP contribution in [0.4, 0.5) is 0 Å². The Hall–Kier alpha value is 0.920. The molecule has 8 atom stereocenters. The Balaban J connectivity index is 1.76. The fourth-order valence-corrected chi connectivity index (χ4v) is 9.51. The molecule has 0 aromatic rings. The maximum atomic E-state index is 4.86. The largest absolute Gasteiger partial charge is 0.372 e. The van der Waals surface area contributed by atoms with Crippen LogP contribution in [0.15, 0.2) is 0 Å². The van der Waals surface area contributed by atoms with Crippen LogP contribution in [0.3, 0.4) is 0 Å². The average Bonchev–Trinajstić information content (AvgIpc) is 2.34. The van der Waals surface area contributed by atoms with E-state index >= 15 is 0 Å². The predicted molar refractivity (Wildman–Crippen MR) is 74.2 cm³/mol. The number of halogens is 2. The fraction of sp³-hybridized carbons (Fsp3) is 1.00. The minimum atomic E-state index is 0.261. The van der Waals surface area contributed by atoms with Crippen LogP contribution >= 0.6 is 32.2 Å². The first-order valence-electron chi connectivity index (χ1n) is 7.20. The van der Waals surface area contributed by atoms with Crippen LogP contribution < -0.4 is 0 Å². The van der Waals surface area contributed by atoms with Gasteiger partial charge in [-0.2, -0.15) is 0 Å². The summed E-state index contributed by atoms with van der Waals surface area (Å²) in [5.74, 6) is 5.90. The molecule has 0 amide bonds. The first-order chi connectivity index (χ1) is 8.18. The van der Waals surface area contributed by atoms with E-state index in [1.807, 2.05) is 0 Å². The maximum Gasteiger partial charge on any atom is 0.372 e. The SMILES string of the molecule is Br[OH+]C12CC3CC4C5CC(CC41)CC2(Br)C5C3. The van der Waals surface area contributed by atoms with Crippen molar-refractivity contribution in [1.29, 1.82) is 0 Å². The number of rotatable bonds is 1. The molecule has 0 saturated heterocycles. The lowest BCUT2D eigenvalue weighted by molar-refractivity contribution is -0.286. The third kappa shape index (κ3) is 0.951. The third-order valence-corrected chi connectivity index (χ3v) is 9.46. The van der Waals surface area contributed by atoms with E-state index in [-0.39, 0.29) is 5.60 Å². The molecule has 1 N–H and O–H groups in total. The minimum absolute atomic E-state index is 0.261. The molecule has 0 spiro atoms. The van der Waals surface area contributed by atoms with Crippen LogP contribution in [0, 0.1) is 35.5 Å². The zero-order valence-electron chi connectivity index (χ0n) is 9.91. The summed E-state index contributed by atoms with van der Waals surface area (Å²) >= 11 is 7.80. The van der Waals surface area contributed by atoms with Gasteiger partial charge in [0.25, 0.3) is 0 Å². The van der Waals surface area contributed by atoms with Gasteiger partial charge in [0, 0.05) is 12.3 Å². The van der Waals surface area contributed by atoms with Crippen molar-refractivity contribution >= 4 is 32.2 Å². The molecule has 0 heterocycles. The summed E-state index contributed by atoms with van der Waals surface area (Å²) in [6.07, 6.45) is 8.81. The van der Waals surface area contributed by atoms with Crippen molar-refractivity contribution in [3.8, 4) is 0 Å². The van der Waals surface area contributed by atoms with E-state index < -0.39 is 0 Å². The summed E-state index contributed by atoms with van der Waals surface area (Å²) in [5, 5.41) is 0. The Morgan fingerprint density at radius 3 is 2.29 bits per heavy atom. The topological polar surface area (TPSA) is 12.8 Å². The van der Waals surface area contributed by atoms with E-state index in [4.69, 9.17) is 3.83 Å². The van der Waals surface area contributed by atoms with Gasteiger partial charge in [0.2, 0.25) is 0 Å². The molecule has 7 aliphatic rings. The first kappa shape index (κ1) is 10.7. The van der Waals surface area contributed by atoms with E-state index in [1.165, 1.54) is 32.1 Å². The smallest absolute Gasteiger partial charge is 0.353 e. The second kappa shape index (κ2) is 2.98. The number of hydrogen-bond donors (Lipinski definition) is 0. The summed E-state index contributed by atoms with van der Waals surface area (Å²) in [6.45, 7) is 0. The highest BCUT2D eigenvalue weighted by molar-refractivity contribution is 9.10. The molecule has 94 valence electrons. The zero-order chi connectivity index (χ0) is 11.4. The molecule has 17 heavy (non-hydrogen) atoms. The number of aliphatic hydroxyl groups is 1. The van der Waals surface area contributed by atoms with Crippen molar-refractivity contribution in [2.75, 3.05) is 0 Å². The average molecular weight is 363 g/mol. The third-order valence-electron chi connectivity index (χ3n) is 7.23. The van der Waals surface area contributed by atoms with Crippen molar-refractivity contribution < 1.29 is 3.83 Å². The van der Waals surface area contributed by atoms with Gasteiger partial charge in [0.05, 0.1) is 0 Å². The molecule has 8 bridgehead atoms. The van der Waals surface area contributed by atoms with Crippen LogP contribution in [0.5, 0.6) is 0 Å². The lowest BCUT2D eigenvalue weighted by atomic mass is 9.34. The lowest BCUT2D eigenvalue weighted by Crippen LogP contribution is -2.78. The van der Waals surface area contributed by atoms with E-state index in [1.54, 1.807) is 6.42 Å². The number of alkyl halides is 1. The molecular weight excluding hydrogens is 344 g/mol. The molecule has 8 unspecified atom stereocenters. The Morgan fingerprint density at radius 1 is 0.882 bits per heavy atom. The fourth-order valence-electron chi connectivity index (χ4n) is 7.02. The van der Waals surface area contributed by atoms with Gasteiger partial charge in [-0.3, -0.25) is 0 Å². The molecule has 3 heteroatoms. The van der Waals surface area contributed by atoms with Gasteiger partial charge in [0.1, 0.15) is 4.32 Å². The minimum Gasteiger partial charge on any atom is -0.353 e. The highest BCUT2D eigenvalue weighted by atomic mass is 79.9. The van der Waals surface area contributed by atoms with Crippen LogP contribution in [-0.2, 0) is 0 Å². The lowest BCUT2D eigenvalue weighted by Gasteiger charge is -2.73. The monoisotopic (exact) mass is 361 g/mol. The second-order valence-electron chi connectivity index (χ2n) is 7.50. The van der Waals surface area contributed by atoms with Gasteiger partial charge in [-0.1, -0.05) is 15.9 Å². The number of hydrogen-bond acceptors (Lipinski definition) is 0. The van der Waals surface area contributed by atoms with Gasteiger partial charge in [0.15, 0.2) is 5.60 Å². The molecule has 0 aliphatic heterocycles. The van der Waals surface area contributed by atoms with Crippen molar-refractivity contribution in [2.24, 2.45) is 35.5 Å². The Morgan fingerprint density at radius 2 is 1.53 bits per heavy atom. The van der Waals surface area contributed by atoms with Crippen molar-refractivity contribution in [3.05, 3.63) is 0 Å². The molecule has 0 aromatic carbocycles. The summed E-state index contributed by atoms with van der Waals surface area (Å²) in [6, 6.07) is 0. The maximum absolute atomic E-state index is 4.86. The molecule has 0 aromatic heterocycles. The van der Waals surface area contributed by atoms with Crippen LogP contribution in [0.1, 0.15) is 38.5 Å². The van der Waals surface area contributed by atoms with E-state index in [9.17, 15) is 0 Å². The quantitative estimate of drug-likeness (QED) is 0.497. The molecule has 7 fully saturated rings. The highest BCUT2D eigenvalue weighted by Crippen LogP contribution is 2.77. The predicted octanol–water partition coefficient (Wildman–Crippen LogP) is 3.80. The second-order valence-corrected chi connectivity index (χ2v) is 9.26. The van der Waals surface area contributed by atoms with E-state index in [0.29, 0.717) is 4.32 Å². The molecule has 7 saturated carbocycles. The van der Waals surface area contributed by atoms with Gasteiger partial charge < -0.3 is 3.83 Å². The van der Waals surface area contributed by atoms with Crippen molar-refractivity contribution in [1.82, 2.24) is 0 Å². The van der Waals surface area contributed by atoms with E-state index in [0.717, 1.165) is 35.5 Å². The zero-order valence-corrected chi connectivity index (χ0v) is 13.1. The molecule has 7 rings (SSSR count). The molecule has 7 aliphatic carbocycles. The van der Waals surface area contributed by atoms with Crippen LogP contribution in [-0.4, -0.2) is 13.8 Å². The summed E-state index contributed by atoms with van der Waals surface area (Å²) < 4.78 is 5.23. The van der Waals surface area contributed by atoms with Gasteiger partial charge in [-0.25, -0.2) is 0 Å². The van der Waals surface area contributed by atoms with Gasteiger partial charge in [-0.15, -0.1) is 0 Å². The van der Waals surface area contributed by atoms with Gasteiger partial charge in [-0.05, 0) is 61.7 Å². The molecule has 1 nitrogen and oxygen atoms in total. The Labute approximate surface area is 120 Å². The summed E-state index contributed by atoms with van der Waals surface area (Å²) in [7, 11) is 0.